The maximum absolute atomic E-state index is 13.8. The number of amides is 1. The summed E-state index contributed by atoms with van der Waals surface area (Å²) in [6.45, 7) is 4.43. The highest BCUT2D eigenvalue weighted by Gasteiger charge is 2.29. The third-order valence-corrected chi connectivity index (χ3v) is 5.52. The van der Waals surface area contributed by atoms with Gasteiger partial charge in [0, 0.05) is 16.8 Å². The van der Waals surface area contributed by atoms with Crippen LogP contribution in [0.5, 0.6) is 0 Å². The number of hydrogen-bond donors (Lipinski definition) is 4. The molecule has 1 aliphatic heterocycles. The molecule has 0 radical (unpaired) electrons. The smallest absolute Gasteiger partial charge is 0.258 e. The molecule has 6 N–H and O–H groups in total. The van der Waals surface area contributed by atoms with E-state index in [1.165, 1.54) is 12.1 Å². The van der Waals surface area contributed by atoms with E-state index in [0.29, 0.717) is 29.1 Å². The van der Waals surface area contributed by atoms with Gasteiger partial charge in [-0.25, -0.2) is 4.39 Å². The molecule has 3 aromatic carbocycles. The lowest BCUT2D eigenvalue weighted by atomic mass is 9.95. The summed E-state index contributed by atoms with van der Waals surface area (Å²) in [5.41, 5.74) is 17.5. The normalized spacial score (nSPS) is 14.7. The summed E-state index contributed by atoms with van der Waals surface area (Å²) in [4.78, 5) is 13.0. The number of rotatable bonds is 6. The summed E-state index contributed by atoms with van der Waals surface area (Å²) in [6, 6.07) is 20.1. The number of nitrogens with two attached hydrogens (primary N) is 2. The lowest BCUT2D eigenvalue weighted by Gasteiger charge is -2.20. The van der Waals surface area contributed by atoms with Crippen molar-refractivity contribution in [2.75, 3.05) is 17.2 Å². The zero-order valence-corrected chi connectivity index (χ0v) is 18.2. The molecular weight excluding hydrogens is 403 g/mol. The molecule has 6 heteroatoms. The Balaban J connectivity index is 1.84. The zero-order chi connectivity index (χ0) is 22.9. The summed E-state index contributed by atoms with van der Waals surface area (Å²) >= 11 is 0. The van der Waals surface area contributed by atoms with Crippen molar-refractivity contribution >= 4 is 28.6 Å². The minimum atomic E-state index is -0.454. The minimum absolute atomic E-state index is 0.281. The minimum Gasteiger partial charge on any atom is -0.354 e. The molecule has 0 fully saturated rings. The first-order chi connectivity index (χ1) is 15.3. The van der Waals surface area contributed by atoms with Crippen LogP contribution in [-0.4, -0.2) is 12.5 Å². The van der Waals surface area contributed by atoms with E-state index in [-0.39, 0.29) is 5.91 Å². The van der Waals surface area contributed by atoms with E-state index in [1.807, 2.05) is 62.4 Å². The Labute approximate surface area is 187 Å². The Morgan fingerprint density at radius 3 is 2.50 bits per heavy atom. The summed E-state index contributed by atoms with van der Waals surface area (Å²) in [5, 5.41) is 6.20. The van der Waals surface area contributed by atoms with Crippen LogP contribution in [0, 0.1) is 5.82 Å². The van der Waals surface area contributed by atoms with Crippen LogP contribution in [0.15, 0.2) is 66.7 Å². The predicted octanol–water partition coefficient (Wildman–Crippen LogP) is 4.45. The molecule has 0 unspecified atom stereocenters. The lowest BCUT2D eigenvalue weighted by molar-refractivity contribution is -0.110. The molecule has 5 nitrogen and oxygen atoms in total. The standard InChI is InChI=1S/C26H27FN4O/c1-26(2,29)18-6-9-20(10-7-18)30-24(17-5-3-4-16(14-17)12-13-28)23-21-11-8-19(27)15-22(21)31-25(23)32/h3-11,14-15,30H,12-13,28-29H2,1-2H3,(H,31,32)/b24-23-. The van der Waals surface area contributed by atoms with E-state index in [4.69, 9.17) is 11.5 Å². The van der Waals surface area contributed by atoms with E-state index >= 15 is 0 Å². The molecule has 0 saturated carbocycles. The lowest BCUT2D eigenvalue weighted by Crippen LogP contribution is -2.28. The summed E-state index contributed by atoms with van der Waals surface area (Å²) in [6.07, 6.45) is 0.727. The Kier molecular flexibility index (Phi) is 5.82. The number of hydrogen-bond acceptors (Lipinski definition) is 4. The van der Waals surface area contributed by atoms with Gasteiger partial charge in [0.2, 0.25) is 0 Å². The van der Waals surface area contributed by atoms with Gasteiger partial charge in [0.25, 0.3) is 5.91 Å². The first-order valence-corrected chi connectivity index (χ1v) is 10.6. The van der Waals surface area contributed by atoms with Gasteiger partial charge in [-0.15, -0.1) is 0 Å². The van der Waals surface area contributed by atoms with Crippen LogP contribution in [0.4, 0.5) is 15.8 Å². The van der Waals surface area contributed by atoms with E-state index in [0.717, 1.165) is 28.8 Å². The topological polar surface area (TPSA) is 93.2 Å². The molecule has 3 aromatic rings. The van der Waals surface area contributed by atoms with Crippen LogP contribution in [-0.2, 0) is 16.8 Å². The van der Waals surface area contributed by atoms with Gasteiger partial charge in [-0.1, -0.05) is 30.3 Å². The van der Waals surface area contributed by atoms with Gasteiger partial charge in [0.15, 0.2) is 0 Å². The quantitative estimate of drug-likeness (QED) is 0.435. The Morgan fingerprint density at radius 1 is 1.06 bits per heavy atom. The van der Waals surface area contributed by atoms with Crippen molar-refractivity contribution in [3.05, 3.63) is 94.8 Å². The molecule has 0 atom stereocenters. The Morgan fingerprint density at radius 2 is 1.81 bits per heavy atom. The van der Waals surface area contributed by atoms with Crippen molar-refractivity contribution in [1.29, 1.82) is 0 Å². The highest BCUT2D eigenvalue weighted by atomic mass is 19.1. The van der Waals surface area contributed by atoms with Crippen molar-refractivity contribution in [2.45, 2.75) is 25.8 Å². The maximum atomic E-state index is 13.8. The van der Waals surface area contributed by atoms with Crippen molar-refractivity contribution in [2.24, 2.45) is 11.5 Å². The monoisotopic (exact) mass is 430 g/mol. The second-order valence-corrected chi connectivity index (χ2v) is 8.56. The molecular formula is C26H27FN4O. The molecule has 0 aliphatic carbocycles. The number of carbonyl (C=O) groups is 1. The number of carbonyl (C=O) groups excluding carboxylic acids is 1. The number of benzene rings is 3. The Bertz CT molecular complexity index is 1190. The van der Waals surface area contributed by atoms with E-state index in [1.54, 1.807) is 6.07 Å². The third-order valence-electron chi connectivity index (χ3n) is 5.52. The van der Waals surface area contributed by atoms with Crippen LogP contribution >= 0.6 is 0 Å². The molecule has 0 saturated heterocycles. The Hall–Kier alpha value is -3.48. The zero-order valence-electron chi connectivity index (χ0n) is 18.2. The number of halogens is 1. The third kappa shape index (κ3) is 4.42. The van der Waals surface area contributed by atoms with Gasteiger partial charge < -0.3 is 22.1 Å². The van der Waals surface area contributed by atoms with Crippen molar-refractivity contribution in [1.82, 2.24) is 0 Å². The fourth-order valence-corrected chi connectivity index (χ4v) is 3.85. The van der Waals surface area contributed by atoms with Crippen LogP contribution in [0.25, 0.3) is 11.3 Å². The van der Waals surface area contributed by atoms with Crippen molar-refractivity contribution in [3.63, 3.8) is 0 Å². The van der Waals surface area contributed by atoms with E-state index in [9.17, 15) is 9.18 Å². The fraction of sp³-hybridized carbons (Fsp3) is 0.192. The van der Waals surface area contributed by atoms with E-state index in [2.05, 4.69) is 10.6 Å². The average Bonchev–Trinajstić information content (AvgIpc) is 3.06. The largest absolute Gasteiger partial charge is 0.354 e. The molecule has 0 spiro atoms. The van der Waals surface area contributed by atoms with Crippen LogP contribution in [0.3, 0.4) is 0 Å². The summed E-state index contributed by atoms with van der Waals surface area (Å²) < 4.78 is 13.8. The number of nitrogens with one attached hydrogen (secondary N) is 2. The van der Waals surface area contributed by atoms with Gasteiger partial charge in [0.1, 0.15) is 5.82 Å². The van der Waals surface area contributed by atoms with Crippen molar-refractivity contribution < 1.29 is 9.18 Å². The molecule has 1 aliphatic rings. The van der Waals surface area contributed by atoms with Gasteiger partial charge in [-0.05, 0) is 79.9 Å². The van der Waals surface area contributed by atoms with Gasteiger partial charge >= 0.3 is 0 Å². The SMILES string of the molecule is CC(C)(N)c1ccc(N/C(=C2\C(=O)Nc3cc(F)ccc32)c2cccc(CCN)c2)cc1. The summed E-state index contributed by atoms with van der Waals surface area (Å²) in [7, 11) is 0. The number of anilines is 2. The second-order valence-electron chi connectivity index (χ2n) is 8.56. The fourth-order valence-electron chi connectivity index (χ4n) is 3.85. The van der Waals surface area contributed by atoms with Crippen LogP contribution in [0.1, 0.15) is 36.1 Å². The summed E-state index contributed by atoms with van der Waals surface area (Å²) in [5.74, 6) is -0.679. The van der Waals surface area contributed by atoms with Crippen molar-refractivity contribution in [3.8, 4) is 0 Å². The van der Waals surface area contributed by atoms with Crippen LogP contribution in [0.2, 0.25) is 0 Å². The molecule has 0 aromatic heterocycles. The molecule has 4 rings (SSSR count). The second kappa shape index (κ2) is 8.57. The maximum Gasteiger partial charge on any atom is 0.258 e. The molecule has 0 bridgehead atoms. The molecule has 32 heavy (non-hydrogen) atoms. The first kappa shape index (κ1) is 21.7. The first-order valence-electron chi connectivity index (χ1n) is 10.6. The molecule has 1 amide bonds. The highest BCUT2D eigenvalue weighted by Crippen LogP contribution is 2.38. The van der Waals surface area contributed by atoms with E-state index < -0.39 is 11.4 Å². The van der Waals surface area contributed by atoms with Gasteiger partial charge in [-0.2, -0.15) is 0 Å². The van der Waals surface area contributed by atoms with Crippen LogP contribution < -0.4 is 22.1 Å². The highest BCUT2D eigenvalue weighted by molar-refractivity contribution is 6.37. The predicted molar refractivity (Wildman–Crippen MR) is 128 cm³/mol. The van der Waals surface area contributed by atoms with Gasteiger partial charge in [-0.3, -0.25) is 4.79 Å². The average molecular weight is 431 g/mol. The van der Waals surface area contributed by atoms with Gasteiger partial charge in [0.05, 0.1) is 17.0 Å². The molecule has 1 heterocycles. The number of fused-ring (bicyclic) bond motifs is 1. The molecule has 164 valence electrons.